The molecule has 13 nitrogen and oxygen atoms in total. The number of aromatic nitrogens is 4. The van der Waals surface area contributed by atoms with Gasteiger partial charge in [0, 0.05) is 97.7 Å². The van der Waals surface area contributed by atoms with E-state index in [1.54, 1.807) is 36.5 Å². The molecule has 1 aliphatic heterocycles. The third-order valence-electron chi connectivity index (χ3n) is 9.99. The molecule has 3 aromatic heterocycles. The Morgan fingerprint density at radius 1 is 0.912 bits per heavy atom. The minimum atomic E-state index is -0.482. The number of hydrogen-bond donors (Lipinski definition) is 3. The maximum Gasteiger partial charge on any atom is 0.293 e. The van der Waals surface area contributed by atoms with E-state index in [2.05, 4.69) is 96.0 Å². The quantitative estimate of drug-likeness (QED) is 0.108. The summed E-state index contributed by atoms with van der Waals surface area (Å²) in [7, 11) is 5.56. The number of nitrogens with one attached hydrogen (secondary N) is 3. The molecule has 1 aliphatic rings. The highest BCUT2D eigenvalue weighted by molar-refractivity contribution is 6.33. The molecule has 4 heterocycles. The Bertz CT molecular complexity index is 2450. The summed E-state index contributed by atoms with van der Waals surface area (Å²) in [6.45, 7) is 7.93. The molecule has 15 heteroatoms. The third-order valence-corrected chi connectivity index (χ3v) is 10.5. The summed E-state index contributed by atoms with van der Waals surface area (Å²) in [4.78, 5) is 53.2. The maximum atomic E-state index is 13.8. The zero-order valence-electron chi connectivity index (χ0n) is 32.2. The Hall–Kier alpha value is -5.89. The van der Waals surface area contributed by atoms with Gasteiger partial charge in [-0.2, -0.15) is 4.98 Å². The van der Waals surface area contributed by atoms with Crippen molar-refractivity contribution in [1.29, 1.82) is 0 Å². The average Bonchev–Trinajstić information content (AvgIpc) is 3.21. The van der Waals surface area contributed by atoms with Gasteiger partial charge in [0.1, 0.15) is 18.1 Å². The smallest absolute Gasteiger partial charge is 0.293 e. The second-order valence-corrected chi connectivity index (χ2v) is 14.8. The van der Waals surface area contributed by atoms with Gasteiger partial charge < -0.3 is 35.5 Å². The number of nitrogens with zero attached hydrogens (tertiary/aromatic N) is 7. The maximum absolute atomic E-state index is 13.8. The van der Waals surface area contributed by atoms with Crippen LogP contribution in [0.4, 0.5) is 28.8 Å². The summed E-state index contributed by atoms with van der Waals surface area (Å²) < 4.78 is 1.11. The largest absolute Gasteiger partial charge is 0.412 e. The molecule has 57 heavy (non-hydrogen) atoms. The molecule has 6 aromatic rings. The zero-order valence-corrected chi connectivity index (χ0v) is 33.7. The van der Waals surface area contributed by atoms with Crippen LogP contribution >= 0.6 is 23.2 Å². The monoisotopic (exact) mass is 806 g/mol. The number of aryl methyl sites for hydroxylation is 1. The number of amides is 1. The van der Waals surface area contributed by atoms with E-state index in [1.165, 1.54) is 24.4 Å². The predicted molar refractivity (Wildman–Crippen MR) is 230 cm³/mol. The van der Waals surface area contributed by atoms with E-state index in [9.17, 15) is 9.59 Å². The van der Waals surface area contributed by atoms with E-state index in [4.69, 9.17) is 28.0 Å². The first kappa shape index (κ1) is 39.3. The van der Waals surface area contributed by atoms with Crippen LogP contribution in [0.2, 0.25) is 10.2 Å². The minimum absolute atomic E-state index is 0.166. The van der Waals surface area contributed by atoms with E-state index < -0.39 is 11.5 Å². The van der Waals surface area contributed by atoms with Gasteiger partial charge in [-0.3, -0.25) is 9.59 Å². The zero-order chi connectivity index (χ0) is 40.1. The Morgan fingerprint density at radius 2 is 1.68 bits per heavy atom. The number of benzene rings is 3. The van der Waals surface area contributed by atoms with Crippen molar-refractivity contribution in [3.63, 3.8) is 0 Å². The number of para-hydroxylation sites is 1. The molecule has 3 aromatic carbocycles. The van der Waals surface area contributed by atoms with Gasteiger partial charge in [-0.15, -0.1) is 4.73 Å². The SMILES string of the molecule is COn1c(=O)c(-c2cc(NC(=O)c3cc(Cl)nc(NCc4ccc(N5CCN(C)CC5)cc4)c3)ccc2Cl)cc2cnc(NCCN(C)c3ccccc3C)nc21. The highest BCUT2D eigenvalue weighted by atomic mass is 35.5. The molecule has 1 amide bonds. The van der Waals surface area contributed by atoms with Gasteiger partial charge in [0.25, 0.3) is 11.5 Å². The van der Waals surface area contributed by atoms with E-state index >= 15 is 0 Å². The van der Waals surface area contributed by atoms with Gasteiger partial charge in [0.15, 0.2) is 5.65 Å². The first-order chi connectivity index (χ1) is 27.6. The first-order valence-electron chi connectivity index (χ1n) is 18.6. The van der Waals surface area contributed by atoms with Crippen LogP contribution in [0.3, 0.4) is 0 Å². The summed E-state index contributed by atoms with van der Waals surface area (Å²) in [5, 5.41) is 10.4. The lowest BCUT2D eigenvalue weighted by molar-refractivity contribution is 0.102. The fraction of sp³-hybridized carbons (Fsp3) is 0.262. The van der Waals surface area contributed by atoms with Crippen molar-refractivity contribution in [2.45, 2.75) is 13.5 Å². The lowest BCUT2D eigenvalue weighted by atomic mass is 10.1. The molecule has 0 radical (unpaired) electrons. The van der Waals surface area contributed by atoms with Crippen molar-refractivity contribution >= 4 is 69.0 Å². The van der Waals surface area contributed by atoms with Crippen LogP contribution < -0.4 is 36.1 Å². The van der Waals surface area contributed by atoms with Crippen molar-refractivity contribution in [1.82, 2.24) is 24.6 Å². The van der Waals surface area contributed by atoms with Crippen LogP contribution in [0.15, 0.2) is 95.9 Å². The fourth-order valence-electron chi connectivity index (χ4n) is 6.78. The van der Waals surface area contributed by atoms with Crippen molar-refractivity contribution in [2.75, 3.05) is 86.2 Å². The van der Waals surface area contributed by atoms with Crippen molar-refractivity contribution < 1.29 is 9.63 Å². The molecule has 1 fully saturated rings. The Labute approximate surface area is 341 Å². The normalized spacial score (nSPS) is 13.1. The third kappa shape index (κ3) is 9.23. The number of halogens is 2. The van der Waals surface area contributed by atoms with Crippen LogP contribution in [-0.2, 0) is 6.54 Å². The highest BCUT2D eigenvalue weighted by Gasteiger charge is 2.19. The number of piperazine rings is 1. The van der Waals surface area contributed by atoms with E-state index in [0.29, 0.717) is 64.3 Å². The number of fused-ring (bicyclic) bond motifs is 1. The lowest BCUT2D eigenvalue weighted by Gasteiger charge is -2.34. The molecule has 0 aliphatic carbocycles. The molecule has 7 rings (SSSR count). The van der Waals surface area contributed by atoms with E-state index in [0.717, 1.165) is 42.2 Å². The number of pyridine rings is 2. The molecular formula is C42H44Cl2N10O3. The number of carbonyl (C=O) groups excluding carboxylic acids is 1. The van der Waals surface area contributed by atoms with Crippen LogP contribution in [-0.4, -0.2) is 91.0 Å². The summed E-state index contributed by atoms with van der Waals surface area (Å²) in [6.07, 6.45) is 1.62. The van der Waals surface area contributed by atoms with Gasteiger partial charge in [0.2, 0.25) is 5.95 Å². The Balaban J connectivity index is 1.03. The number of likely N-dealkylation sites (N-methyl/N-ethyl adjacent to an activating group) is 2. The molecule has 0 saturated carbocycles. The van der Waals surface area contributed by atoms with Crippen molar-refractivity contribution in [3.05, 3.63) is 128 Å². The van der Waals surface area contributed by atoms with E-state index in [1.807, 2.05) is 19.2 Å². The van der Waals surface area contributed by atoms with Gasteiger partial charge in [-0.25, -0.2) is 9.97 Å². The molecule has 0 unspecified atom stereocenters. The first-order valence-corrected chi connectivity index (χ1v) is 19.3. The predicted octanol–water partition coefficient (Wildman–Crippen LogP) is 6.69. The summed E-state index contributed by atoms with van der Waals surface area (Å²) in [5.74, 6) is 0.392. The van der Waals surface area contributed by atoms with Gasteiger partial charge in [0.05, 0.1) is 5.56 Å². The second-order valence-electron chi connectivity index (χ2n) is 14.0. The van der Waals surface area contributed by atoms with Crippen LogP contribution in [0.25, 0.3) is 22.2 Å². The molecule has 0 bridgehead atoms. The van der Waals surface area contributed by atoms with Crippen molar-refractivity contribution in [2.24, 2.45) is 0 Å². The minimum Gasteiger partial charge on any atom is -0.412 e. The average molecular weight is 808 g/mol. The second kappa shape index (κ2) is 17.5. The number of hydrogen-bond acceptors (Lipinski definition) is 11. The Kier molecular flexibility index (Phi) is 12.1. The topological polar surface area (TPSA) is 133 Å². The molecule has 0 spiro atoms. The fourth-order valence-corrected chi connectivity index (χ4v) is 7.21. The van der Waals surface area contributed by atoms with Crippen LogP contribution in [0.5, 0.6) is 0 Å². The molecule has 3 N–H and O–H groups in total. The Morgan fingerprint density at radius 3 is 2.44 bits per heavy atom. The van der Waals surface area contributed by atoms with Gasteiger partial charge in [-0.05, 0) is 79.7 Å². The van der Waals surface area contributed by atoms with Crippen LogP contribution in [0, 0.1) is 6.92 Å². The molecule has 1 saturated heterocycles. The summed E-state index contributed by atoms with van der Waals surface area (Å²) in [5.41, 5.74) is 5.75. The van der Waals surface area contributed by atoms with Gasteiger partial charge >= 0.3 is 0 Å². The standard InChI is InChI=1S/C42H44Cl2N10O3/c1-27-7-5-6-8-36(27)52(3)16-15-45-42-47-26-30-21-34(41(56)54(57-4)39(30)50-42)33-24-31(11-14-35(33)43)48-40(55)29-22-37(44)49-38(23-29)46-25-28-9-12-32(13-10-28)53-19-17-51(2)18-20-53/h5-14,21-24,26H,15-20,25H2,1-4H3,(H,46,49)(H,48,55)(H,45,47,50). The number of carbonyl (C=O) groups is 1. The highest BCUT2D eigenvalue weighted by Crippen LogP contribution is 2.31. The molecule has 0 atom stereocenters. The van der Waals surface area contributed by atoms with Crippen LogP contribution in [0.1, 0.15) is 21.5 Å². The molecule has 294 valence electrons. The number of rotatable bonds is 13. The van der Waals surface area contributed by atoms with Crippen molar-refractivity contribution in [3.8, 4) is 11.1 Å². The summed E-state index contributed by atoms with van der Waals surface area (Å²) in [6, 6.07) is 26.3. The summed E-state index contributed by atoms with van der Waals surface area (Å²) >= 11 is 13.0. The van der Waals surface area contributed by atoms with Gasteiger partial charge in [-0.1, -0.05) is 53.5 Å². The lowest BCUT2D eigenvalue weighted by Crippen LogP contribution is -2.44. The molecular weight excluding hydrogens is 763 g/mol. The van der Waals surface area contributed by atoms with E-state index in [-0.39, 0.29) is 10.7 Å². The number of anilines is 5.